The van der Waals surface area contributed by atoms with Crippen molar-refractivity contribution in [3.8, 4) is 5.75 Å². The molecule has 0 heterocycles. The van der Waals surface area contributed by atoms with E-state index in [9.17, 15) is 19.8 Å². The first-order chi connectivity index (χ1) is 14.8. The van der Waals surface area contributed by atoms with Crippen LogP contribution in [0.1, 0.15) is 30.8 Å². The second-order valence-electron chi connectivity index (χ2n) is 6.90. The highest BCUT2D eigenvalue weighted by molar-refractivity contribution is 7.54. The summed E-state index contributed by atoms with van der Waals surface area (Å²) in [5.74, 6) is -1.18. The molecule has 8 nitrogen and oxygen atoms in total. The summed E-state index contributed by atoms with van der Waals surface area (Å²) in [5, 5.41) is 26.7. The monoisotopic (exact) mass is 444 g/mol. The van der Waals surface area contributed by atoms with Crippen LogP contribution in [0.3, 0.4) is 0 Å². The van der Waals surface area contributed by atoms with Crippen molar-refractivity contribution in [1.29, 1.82) is 0 Å². The number of nitro groups is 1. The van der Waals surface area contributed by atoms with E-state index in [4.69, 9.17) is 9.05 Å². The first kappa shape index (κ1) is 22.7. The Balaban J connectivity index is 2.22. The number of phenolic OH excluding ortho intramolecular Hbond substituents is 1. The Kier molecular flexibility index (Phi) is 6.95. The van der Waals surface area contributed by atoms with Gasteiger partial charge in [0.15, 0.2) is 5.78 Å². The minimum atomic E-state index is -3.84. The summed E-state index contributed by atoms with van der Waals surface area (Å²) in [5.41, 5.74) is 1.12. The minimum Gasteiger partial charge on any atom is -0.508 e. The van der Waals surface area contributed by atoms with E-state index in [-0.39, 0.29) is 24.7 Å². The quantitative estimate of drug-likeness (QED) is 0.232. The number of aryl methyl sites for hydroxylation is 1. The smallest absolute Gasteiger partial charge is 0.357 e. The molecular weight excluding hydrogens is 419 g/mol. The summed E-state index contributed by atoms with van der Waals surface area (Å²) < 4.78 is 25.0. The molecule has 3 aromatic rings. The number of nitrogens with one attached hydrogen (secondary N) is 1. The molecule has 0 bridgehead atoms. The van der Waals surface area contributed by atoms with E-state index in [2.05, 4.69) is 5.32 Å². The Morgan fingerprint density at radius 1 is 1.10 bits per heavy atom. The van der Waals surface area contributed by atoms with Crippen LogP contribution in [0, 0.1) is 17.0 Å². The zero-order valence-electron chi connectivity index (χ0n) is 17.6. The maximum absolute atomic E-state index is 13.8. The summed E-state index contributed by atoms with van der Waals surface area (Å²) in [6, 6.07) is 15.3. The summed E-state index contributed by atoms with van der Waals surface area (Å²) in [6.07, 6.45) is 0. The Labute approximate surface area is 180 Å². The van der Waals surface area contributed by atoms with Crippen LogP contribution in [0.2, 0.25) is 0 Å². The highest BCUT2D eigenvalue weighted by Gasteiger charge is 2.40. The van der Waals surface area contributed by atoms with Gasteiger partial charge in [-0.2, -0.15) is 0 Å². The zero-order valence-corrected chi connectivity index (χ0v) is 18.5. The average Bonchev–Trinajstić information content (AvgIpc) is 2.73. The molecule has 1 unspecified atom stereocenters. The number of hydrogen-bond acceptors (Lipinski definition) is 7. The number of phenols is 1. The van der Waals surface area contributed by atoms with Gasteiger partial charge < -0.3 is 19.5 Å². The number of hydrogen-bond donors (Lipinski definition) is 2. The Morgan fingerprint density at radius 3 is 2.42 bits per heavy atom. The Morgan fingerprint density at radius 2 is 1.77 bits per heavy atom. The third kappa shape index (κ3) is 4.71. The van der Waals surface area contributed by atoms with Gasteiger partial charge in [-0.15, -0.1) is 0 Å². The molecule has 0 aliphatic heterocycles. The van der Waals surface area contributed by atoms with Crippen LogP contribution in [0.25, 0.3) is 10.8 Å². The van der Waals surface area contributed by atoms with Crippen molar-refractivity contribution < 1.29 is 23.6 Å². The maximum Gasteiger partial charge on any atom is 0.357 e. The second-order valence-corrected chi connectivity index (χ2v) is 9.01. The molecule has 1 atom stereocenters. The highest BCUT2D eigenvalue weighted by atomic mass is 31.2. The van der Waals surface area contributed by atoms with E-state index in [1.165, 1.54) is 12.1 Å². The molecule has 9 heteroatoms. The molecule has 0 fully saturated rings. The normalized spacial score (nSPS) is 12.6. The molecule has 3 rings (SSSR count). The van der Waals surface area contributed by atoms with Crippen molar-refractivity contribution in [1.82, 2.24) is 0 Å². The van der Waals surface area contributed by atoms with Gasteiger partial charge in [0.2, 0.25) is 0 Å². The van der Waals surface area contributed by atoms with Crippen LogP contribution in [0.4, 0.5) is 11.4 Å². The lowest BCUT2D eigenvalue weighted by atomic mass is 10.0. The molecular formula is C22H25N2O6P. The number of fused-ring (bicyclic) bond motifs is 1. The van der Waals surface area contributed by atoms with Crippen LogP contribution < -0.4 is 5.32 Å². The summed E-state index contributed by atoms with van der Waals surface area (Å²) in [4.78, 5) is 10.9. The number of nitrogens with zero attached hydrogens (tertiary/aromatic N) is 1. The van der Waals surface area contributed by atoms with Crippen molar-refractivity contribution >= 4 is 29.7 Å². The molecule has 164 valence electrons. The molecule has 0 saturated carbocycles. The first-order valence-corrected chi connectivity index (χ1v) is 11.5. The van der Waals surface area contributed by atoms with Crippen molar-refractivity contribution in [2.45, 2.75) is 26.6 Å². The SMILES string of the molecule is CCOP(=O)(OCC)C(Nc1ccc(C)c([N+](=O)[O-])c1)c1c(O)ccc2ccccc12. The molecule has 3 aromatic carbocycles. The lowest BCUT2D eigenvalue weighted by molar-refractivity contribution is -0.385. The van der Waals surface area contributed by atoms with Crippen LogP contribution >= 0.6 is 7.60 Å². The molecule has 2 N–H and O–H groups in total. The van der Waals surface area contributed by atoms with Crippen LogP contribution in [0.5, 0.6) is 5.75 Å². The van der Waals surface area contributed by atoms with Gasteiger partial charge in [0.1, 0.15) is 5.75 Å². The molecule has 0 aliphatic rings. The lowest BCUT2D eigenvalue weighted by Gasteiger charge is -2.29. The van der Waals surface area contributed by atoms with E-state index in [0.29, 0.717) is 22.2 Å². The van der Waals surface area contributed by atoms with E-state index in [1.807, 2.05) is 18.2 Å². The number of aromatic hydroxyl groups is 1. The zero-order chi connectivity index (χ0) is 22.6. The maximum atomic E-state index is 13.8. The van der Waals surface area contributed by atoms with Crippen LogP contribution in [0.15, 0.2) is 54.6 Å². The van der Waals surface area contributed by atoms with Gasteiger partial charge in [-0.25, -0.2) is 0 Å². The number of benzene rings is 3. The van der Waals surface area contributed by atoms with Gasteiger partial charge in [-0.1, -0.05) is 36.4 Å². The van der Waals surface area contributed by atoms with Gasteiger partial charge in [0.25, 0.3) is 5.69 Å². The summed E-state index contributed by atoms with van der Waals surface area (Å²) in [6.45, 7) is 5.27. The van der Waals surface area contributed by atoms with Crippen LogP contribution in [-0.2, 0) is 13.6 Å². The highest BCUT2D eigenvalue weighted by Crippen LogP contribution is 2.63. The van der Waals surface area contributed by atoms with Crippen molar-refractivity contribution in [3.05, 3.63) is 75.8 Å². The molecule has 0 spiro atoms. The number of nitro benzene ring substituents is 1. The van der Waals surface area contributed by atoms with Gasteiger partial charge in [0.05, 0.1) is 18.1 Å². The van der Waals surface area contributed by atoms with Crippen LogP contribution in [-0.4, -0.2) is 23.2 Å². The molecule has 0 aliphatic carbocycles. The van der Waals surface area contributed by atoms with Gasteiger partial charge in [-0.3, -0.25) is 14.7 Å². The fraction of sp³-hybridized carbons (Fsp3) is 0.273. The largest absolute Gasteiger partial charge is 0.508 e. The molecule has 0 amide bonds. The standard InChI is InChI=1S/C22H25N2O6P/c1-4-29-31(28,30-5-2)22(23-17-12-10-15(3)19(14-17)24(26)27)21-18-9-7-6-8-16(18)11-13-20(21)25/h6-14,22-23,25H,4-5H2,1-3H3. The first-order valence-electron chi connectivity index (χ1n) is 9.91. The topological polar surface area (TPSA) is 111 Å². The van der Waals surface area contributed by atoms with E-state index in [1.54, 1.807) is 45.0 Å². The average molecular weight is 444 g/mol. The van der Waals surface area contributed by atoms with Gasteiger partial charge in [0, 0.05) is 22.9 Å². The lowest BCUT2D eigenvalue weighted by Crippen LogP contribution is -2.16. The molecule has 0 aromatic heterocycles. The minimum absolute atomic E-state index is 0.0754. The number of rotatable bonds is 9. The summed E-state index contributed by atoms with van der Waals surface area (Å²) in [7, 11) is -3.84. The molecule has 0 radical (unpaired) electrons. The third-order valence-corrected chi connectivity index (χ3v) is 7.12. The predicted octanol–water partition coefficient (Wildman–Crippen LogP) is 6.14. The second kappa shape index (κ2) is 9.47. The third-order valence-electron chi connectivity index (χ3n) is 4.86. The molecule has 0 saturated heterocycles. The predicted molar refractivity (Wildman–Crippen MR) is 121 cm³/mol. The molecule has 31 heavy (non-hydrogen) atoms. The summed E-state index contributed by atoms with van der Waals surface area (Å²) >= 11 is 0. The van der Waals surface area contributed by atoms with Crippen molar-refractivity contribution in [3.63, 3.8) is 0 Å². The Bertz CT molecular complexity index is 1140. The number of anilines is 1. The fourth-order valence-corrected chi connectivity index (χ4v) is 5.47. The van der Waals surface area contributed by atoms with Gasteiger partial charge in [-0.05, 0) is 43.7 Å². The van der Waals surface area contributed by atoms with Crippen molar-refractivity contribution in [2.75, 3.05) is 18.5 Å². The van der Waals surface area contributed by atoms with E-state index >= 15 is 0 Å². The van der Waals surface area contributed by atoms with Gasteiger partial charge >= 0.3 is 7.60 Å². The van der Waals surface area contributed by atoms with E-state index in [0.717, 1.165) is 5.39 Å². The Hall–Kier alpha value is -2.93. The van der Waals surface area contributed by atoms with Crippen molar-refractivity contribution in [2.24, 2.45) is 0 Å². The van der Waals surface area contributed by atoms with E-state index < -0.39 is 18.3 Å². The fourth-order valence-electron chi connectivity index (χ4n) is 3.48.